The molecule has 0 spiro atoms. The van der Waals surface area contributed by atoms with Crippen LogP contribution in [0.3, 0.4) is 0 Å². The first-order valence-electron chi connectivity index (χ1n) is 6.43. The molecule has 2 N–H and O–H groups in total. The number of hydrogen-bond donors (Lipinski definition) is 1. The maximum Gasteiger partial charge on any atom is 0.244 e. The van der Waals surface area contributed by atoms with Crippen molar-refractivity contribution in [2.24, 2.45) is 11.7 Å². The monoisotopic (exact) mass is 338 g/mol. The van der Waals surface area contributed by atoms with Crippen LogP contribution in [0, 0.1) is 5.92 Å². The molecule has 1 aromatic rings. The van der Waals surface area contributed by atoms with Crippen molar-refractivity contribution >= 4 is 34.0 Å². The number of nitrogens with two attached hydrogens (primary N) is 1. The number of rotatable bonds is 3. The summed E-state index contributed by atoms with van der Waals surface area (Å²) in [5.41, 5.74) is 5.89. The van der Waals surface area contributed by atoms with Crippen molar-refractivity contribution in [3.05, 3.63) is 29.3 Å². The van der Waals surface area contributed by atoms with Crippen LogP contribution in [0.25, 0.3) is 0 Å². The molecule has 20 heavy (non-hydrogen) atoms. The molecule has 7 heteroatoms. The van der Waals surface area contributed by atoms with E-state index >= 15 is 0 Å². The van der Waals surface area contributed by atoms with Gasteiger partial charge in [-0.25, -0.2) is 8.42 Å². The van der Waals surface area contributed by atoms with Crippen LogP contribution in [0.2, 0.25) is 5.02 Å². The van der Waals surface area contributed by atoms with Gasteiger partial charge < -0.3 is 5.73 Å². The Hall–Kier alpha value is -0.330. The van der Waals surface area contributed by atoms with Crippen LogP contribution in [0.5, 0.6) is 0 Å². The predicted octanol–water partition coefficient (Wildman–Crippen LogP) is 2.51. The van der Waals surface area contributed by atoms with E-state index in [9.17, 15) is 8.42 Å². The molecular weight excluding hydrogens is 319 g/mol. The van der Waals surface area contributed by atoms with Gasteiger partial charge in [0.1, 0.15) is 4.90 Å². The summed E-state index contributed by atoms with van der Waals surface area (Å²) in [5.74, 6) is 0.214. The maximum absolute atomic E-state index is 12.6. The summed E-state index contributed by atoms with van der Waals surface area (Å²) in [5, 5.41) is 0.269. The highest BCUT2D eigenvalue weighted by Crippen LogP contribution is 2.28. The largest absolute Gasteiger partial charge is 0.328 e. The third-order valence-electron chi connectivity index (χ3n) is 3.62. The van der Waals surface area contributed by atoms with E-state index in [0.29, 0.717) is 13.1 Å². The van der Waals surface area contributed by atoms with Crippen LogP contribution in [0.1, 0.15) is 19.8 Å². The summed E-state index contributed by atoms with van der Waals surface area (Å²) in [6.45, 7) is 2.94. The highest BCUT2D eigenvalue weighted by molar-refractivity contribution is 7.89. The molecule has 1 aliphatic rings. The summed E-state index contributed by atoms with van der Waals surface area (Å²) in [6.07, 6.45) is 1.82. The Bertz CT molecular complexity index is 549. The fourth-order valence-electron chi connectivity index (χ4n) is 2.41. The van der Waals surface area contributed by atoms with Crippen LogP contribution >= 0.6 is 24.0 Å². The molecule has 1 aliphatic heterocycles. The molecule has 0 bridgehead atoms. The van der Waals surface area contributed by atoms with Crippen LogP contribution in [0.15, 0.2) is 29.2 Å². The fraction of sp³-hybridized carbons (Fsp3) is 0.538. The Labute approximate surface area is 131 Å². The number of nitrogens with zero attached hydrogens (tertiary/aromatic N) is 1. The van der Waals surface area contributed by atoms with Crippen LogP contribution in [-0.2, 0) is 10.0 Å². The van der Waals surface area contributed by atoms with Crippen molar-refractivity contribution in [1.29, 1.82) is 0 Å². The summed E-state index contributed by atoms with van der Waals surface area (Å²) < 4.78 is 26.7. The molecule has 2 rings (SSSR count). The molecule has 4 nitrogen and oxygen atoms in total. The van der Waals surface area contributed by atoms with Gasteiger partial charge in [0.05, 0.1) is 5.02 Å². The Morgan fingerprint density at radius 1 is 1.40 bits per heavy atom. The molecule has 1 saturated heterocycles. The molecule has 0 aromatic heterocycles. The minimum atomic E-state index is -3.51. The highest BCUT2D eigenvalue weighted by atomic mass is 35.5. The van der Waals surface area contributed by atoms with E-state index < -0.39 is 10.0 Å². The molecular formula is C13H20Cl2N2O2S. The second-order valence-electron chi connectivity index (χ2n) is 5.05. The first-order valence-corrected chi connectivity index (χ1v) is 8.25. The zero-order chi connectivity index (χ0) is 14.0. The quantitative estimate of drug-likeness (QED) is 0.920. The van der Waals surface area contributed by atoms with Gasteiger partial charge in [-0.2, -0.15) is 4.31 Å². The van der Waals surface area contributed by atoms with Crippen LogP contribution < -0.4 is 5.73 Å². The van der Waals surface area contributed by atoms with E-state index in [0.717, 1.165) is 12.8 Å². The molecule has 0 saturated carbocycles. The predicted molar refractivity (Wildman–Crippen MR) is 83.8 cm³/mol. The summed E-state index contributed by atoms with van der Waals surface area (Å²) in [7, 11) is -3.51. The summed E-state index contributed by atoms with van der Waals surface area (Å²) in [4.78, 5) is 0.182. The van der Waals surface area contributed by atoms with Crippen molar-refractivity contribution in [3.8, 4) is 0 Å². The number of benzene rings is 1. The lowest BCUT2D eigenvalue weighted by molar-refractivity contribution is 0.243. The average molecular weight is 339 g/mol. The van der Waals surface area contributed by atoms with E-state index in [-0.39, 0.29) is 34.3 Å². The molecule has 2 unspecified atom stereocenters. The highest BCUT2D eigenvalue weighted by Gasteiger charge is 2.32. The second kappa shape index (κ2) is 7.09. The van der Waals surface area contributed by atoms with E-state index in [1.807, 2.05) is 6.92 Å². The van der Waals surface area contributed by atoms with Crippen molar-refractivity contribution < 1.29 is 8.42 Å². The minimum absolute atomic E-state index is 0. The number of hydrogen-bond acceptors (Lipinski definition) is 3. The Morgan fingerprint density at radius 3 is 2.65 bits per heavy atom. The lowest BCUT2D eigenvalue weighted by Crippen LogP contribution is -2.45. The normalized spacial score (nSPS) is 22.1. The molecule has 1 aromatic carbocycles. The first-order chi connectivity index (χ1) is 8.93. The van der Waals surface area contributed by atoms with Crippen molar-refractivity contribution in [1.82, 2.24) is 4.31 Å². The van der Waals surface area contributed by atoms with E-state index in [1.165, 1.54) is 4.31 Å². The SMILES string of the molecule is CC(N)C1CCCN(S(=O)(=O)c2ccccc2Cl)C1.Cl. The molecule has 0 amide bonds. The van der Waals surface area contributed by atoms with Crippen molar-refractivity contribution in [2.75, 3.05) is 13.1 Å². The lowest BCUT2D eigenvalue weighted by Gasteiger charge is -2.33. The standard InChI is InChI=1S/C13H19ClN2O2S.ClH/c1-10(15)11-5-4-8-16(9-11)19(17,18)13-7-3-2-6-12(13)14;/h2-3,6-7,10-11H,4-5,8-9,15H2,1H3;1H. The van der Waals surface area contributed by atoms with Crippen molar-refractivity contribution in [2.45, 2.75) is 30.7 Å². The third-order valence-corrected chi connectivity index (χ3v) is 5.98. The van der Waals surface area contributed by atoms with Gasteiger partial charge in [-0.1, -0.05) is 23.7 Å². The molecule has 114 valence electrons. The van der Waals surface area contributed by atoms with Crippen LogP contribution in [0.4, 0.5) is 0 Å². The molecule has 1 heterocycles. The van der Waals surface area contributed by atoms with Gasteiger partial charge in [0, 0.05) is 19.1 Å². The van der Waals surface area contributed by atoms with Crippen molar-refractivity contribution in [3.63, 3.8) is 0 Å². The fourth-order valence-corrected chi connectivity index (χ4v) is 4.44. The molecule has 0 radical (unpaired) electrons. The van der Waals surface area contributed by atoms with Gasteiger partial charge in [-0.05, 0) is 37.8 Å². The number of piperidine rings is 1. The van der Waals surface area contributed by atoms with Gasteiger partial charge in [0.15, 0.2) is 0 Å². The number of halogens is 2. The Balaban J connectivity index is 0.00000200. The third kappa shape index (κ3) is 3.65. The zero-order valence-corrected chi connectivity index (χ0v) is 13.7. The van der Waals surface area contributed by atoms with Gasteiger partial charge in [-0.15, -0.1) is 12.4 Å². The summed E-state index contributed by atoms with van der Waals surface area (Å²) in [6, 6.07) is 6.56. The molecule has 0 aliphatic carbocycles. The van der Waals surface area contributed by atoms with Gasteiger partial charge in [0.25, 0.3) is 0 Å². The van der Waals surface area contributed by atoms with E-state index in [2.05, 4.69) is 0 Å². The summed E-state index contributed by atoms with van der Waals surface area (Å²) >= 11 is 6.00. The lowest BCUT2D eigenvalue weighted by atomic mass is 9.93. The topological polar surface area (TPSA) is 63.4 Å². The molecule has 1 fully saturated rings. The van der Waals surface area contributed by atoms with E-state index in [1.54, 1.807) is 24.3 Å². The van der Waals surface area contributed by atoms with Crippen LogP contribution in [-0.4, -0.2) is 31.9 Å². The average Bonchev–Trinajstić information content (AvgIpc) is 2.39. The second-order valence-corrected chi connectivity index (χ2v) is 7.37. The number of sulfonamides is 1. The maximum atomic E-state index is 12.6. The smallest absolute Gasteiger partial charge is 0.244 e. The van der Waals surface area contributed by atoms with Gasteiger partial charge >= 0.3 is 0 Å². The Kier molecular flexibility index (Phi) is 6.28. The Morgan fingerprint density at radius 2 is 2.05 bits per heavy atom. The molecule has 2 atom stereocenters. The van der Waals surface area contributed by atoms with E-state index in [4.69, 9.17) is 17.3 Å². The van der Waals surface area contributed by atoms with Gasteiger partial charge in [-0.3, -0.25) is 0 Å². The zero-order valence-electron chi connectivity index (χ0n) is 11.3. The van der Waals surface area contributed by atoms with Gasteiger partial charge in [0.2, 0.25) is 10.0 Å². The first kappa shape index (κ1) is 17.7. The minimum Gasteiger partial charge on any atom is -0.328 e.